The van der Waals surface area contributed by atoms with Crippen LogP contribution in [0, 0.1) is 0 Å². The van der Waals surface area contributed by atoms with Gasteiger partial charge in [0.25, 0.3) is 0 Å². The third-order valence-electron chi connectivity index (χ3n) is 4.86. The van der Waals surface area contributed by atoms with E-state index in [2.05, 4.69) is 5.11 Å². The van der Waals surface area contributed by atoms with Gasteiger partial charge in [-0.25, -0.2) is 0 Å². The Morgan fingerprint density at radius 2 is 0.900 bits per heavy atom. The Labute approximate surface area is 190 Å². The lowest BCUT2D eigenvalue weighted by Gasteiger charge is -2.30. The van der Waals surface area contributed by atoms with Crippen LogP contribution in [0.15, 0.2) is 113 Å². The first kappa shape index (κ1) is 20.6. The Balaban J connectivity index is 2.01. The van der Waals surface area contributed by atoms with Crippen LogP contribution in [0.3, 0.4) is 0 Å². The maximum Gasteiger partial charge on any atom is 0.157 e. The van der Waals surface area contributed by atoms with Crippen molar-refractivity contribution in [3.05, 3.63) is 135 Å². The Kier molecular flexibility index (Phi) is 6.19. The summed E-state index contributed by atoms with van der Waals surface area (Å²) in [5, 5.41) is 10.6. The van der Waals surface area contributed by atoms with Gasteiger partial charge in [-0.15, -0.1) is 0 Å². The zero-order valence-electron chi connectivity index (χ0n) is 15.8. The van der Waals surface area contributed by atoms with Gasteiger partial charge >= 0.3 is 0 Å². The van der Waals surface area contributed by atoms with E-state index in [1.807, 2.05) is 91.0 Å². The average Bonchev–Trinajstić information content (AvgIpc) is 2.78. The molecule has 148 valence electrons. The third kappa shape index (κ3) is 3.99. The lowest BCUT2D eigenvalue weighted by molar-refractivity contribution is 0.618. The van der Waals surface area contributed by atoms with Gasteiger partial charge in [0.1, 0.15) is 5.69 Å². The van der Waals surface area contributed by atoms with Gasteiger partial charge in [-0.1, -0.05) is 126 Å². The monoisotopic (exact) mass is 450 g/mol. The highest BCUT2D eigenvalue weighted by Gasteiger charge is 2.36. The normalized spacial score (nSPS) is 11.7. The van der Waals surface area contributed by atoms with Gasteiger partial charge in [0.05, 0.1) is 10.0 Å². The molecule has 4 aromatic rings. The van der Waals surface area contributed by atoms with Crippen LogP contribution >= 0.6 is 34.8 Å². The largest absolute Gasteiger partial charge is 0.167 e. The van der Waals surface area contributed by atoms with Crippen LogP contribution < -0.4 is 0 Å². The maximum absolute atomic E-state index is 6.38. The summed E-state index contributed by atoms with van der Waals surface area (Å²) < 4.78 is 0. The first-order valence-corrected chi connectivity index (χ1v) is 10.5. The number of halogens is 3. The summed E-state index contributed by atoms with van der Waals surface area (Å²) in [4.78, 5) is 0. The predicted octanol–water partition coefficient (Wildman–Crippen LogP) is 8.72. The molecule has 4 aromatic carbocycles. The molecular weight excluding hydrogens is 435 g/mol. The molecule has 0 fully saturated rings. The van der Waals surface area contributed by atoms with Crippen molar-refractivity contribution in [2.75, 3.05) is 0 Å². The quantitative estimate of drug-likeness (QED) is 0.214. The second-order valence-electron chi connectivity index (χ2n) is 6.73. The fourth-order valence-electron chi connectivity index (χ4n) is 3.47. The lowest BCUT2D eigenvalue weighted by atomic mass is 9.78. The molecule has 0 aliphatic heterocycles. The number of hydrogen-bond acceptors (Lipinski definition) is 2. The van der Waals surface area contributed by atoms with E-state index >= 15 is 0 Å². The Bertz CT molecular complexity index is 1040. The van der Waals surface area contributed by atoms with E-state index in [0.29, 0.717) is 20.8 Å². The summed E-state index contributed by atoms with van der Waals surface area (Å²) in [7, 11) is 0. The second kappa shape index (κ2) is 9.01. The Morgan fingerprint density at radius 3 is 1.27 bits per heavy atom. The van der Waals surface area contributed by atoms with E-state index < -0.39 is 5.54 Å². The molecule has 5 heteroatoms. The minimum atomic E-state index is -0.879. The highest BCUT2D eigenvalue weighted by molar-refractivity contribution is 6.41. The summed E-state index contributed by atoms with van der Waals surface area (Å²) in [6.45, 7) is 0. The number of hydrogen-bond donors (Lipinski definition) is 0. The van der Waals surface area contributed by atoms with Gasteiger partial charge in [0.2, 0.25) is 0 Å². The number of azo groups is 1. The second-order valence-corrected chi connectivity index (χ2v) is 7.98. The van der Waals surface area contributed by atoms with E-state index in [-0.39, 0.29) is 0 Å². The molecule has 0 spiro atoms. The maximum atomic E-state index is 6.38. The molecular formula is C25H17Cl3N2. The lowest BCUT2D eigenvalue weighted by Crippen LogP contribution is -2.26. The Morgan fingerprint density at radius 1 is 0.533 bits per heavy atom. The zero-order valence-corrected chi connectivity index (χ0v) is 18.1. The summed E-state index contributed by atoms with van der Waals surface area (Å²) >= 11 is 18.8. The molecule has 0 aliphatic rings. The Hall–Kier alpha value is -2.65. The SMILES string of the molecule is Clc1cc(Cl)c(N=NC(c2ccccc2)(c2ccccc2)c2ccccc2)c(Cl)c1. The van der Waals surface area contributed by atoms with Crippen molar-refractivity contribution in [3.8, 4) is 0 Å². The summed E-state index contributed by atoms with van der Waals surface area (Å²) in [5.41, 5.74) is 2.44. The molecule has 0 unspecified atom stereocenters. The minimum absolute atomic E-state index is 0.347. The van der Waals surface area contributed by atoms with Gasteiger partial charge in [-0.3, -0.25) is 0 Å². The van der Waals surface area contributed by atoms with Gasteiger partial charge < -0.3 is 0 Å². The van der Waals surface area contributed by atoms with E-state index in [0.717, 1.165) is 16.7 Å². The van der Waals surface area contributed by atoms with Crippen molar-refractivity contribution < 1.29 is 0 Å². The van der Waals surface area contributed by atoms with Crippen LogP contribution in [0.2, 0.25) is 15.1 Å². The van der Waals surface area contributed by atoms with Crippen molar-refractivity contribution in [1.82, 2.24) is 0 Å². The van der Waals surface area contributed by atoms with Crippen LogP contribution in [0.1, 0.15) is 16.7 Å². The molecule has 4 rings (SSSR count). The molecule has 0 bridgehead atoms. The van der Waals surface area contributed by atoms with Gasteiger partial charge in [-0.05, 0) is 28.8 Å². The fraction of sp³-hybridized carbons (Fsp3) is 0.0400. The van der Waals surface area contributed by atoms with Crippen molar-refractivity contribution in [2.45, 2.75) is 5.54 Å². The van der Waals surface area contributed by atoms with Crippen molar-refractivity contribution in [1.29, 1.82) is 0 Å². The van der Waals surface area contributed by atoms with E-state index in [4.69, 9.17) is 39.9 Å². The minimum Gasteiger partial charge on any atom is -0.167 e. The smallest absolute Gasteiger partial charge is 0.157 e. The third-order valence-corrected chi connectivity index (χ3v) is 5.65. The molecule has 30 heavy (non-hydrogen) atoms. The standard InChI is InChI=1S/C25H17Cl3N2/c26-21-16-22(27)24(23(28)17-21)29-30-25(18-10-4-1-5-11-18,19-12-6-2-7-13-19)20-14-8-3-9-15-20/h1-17H. The topological polar surface area (TPSA) is 24.7 Å². The van der Waals surface area contributed by atoms with E-state index in [9.17, 15) is 0 Å². The highest BCUT2D eigenvalue weighted by atomic mass is 35.5. The first-order valence-electron chi connectivity index (χ1n) is 9.35. The summed E-state index contributed by atoms with van der Waals surface area (Å²) in [6, 6.07) is 33.4. The van der Waals surface area contributed by atoms with Crippen LogP contribution in [-0.4, -0.2) is 0 Å². The summed E-state index contributed by atoms with van der Waals surface area (Å²) in [5.74, 6) is 0. The van der Waals surface area contributed by atoms with Gasteiger partial charge in [0, 0.05) is 5.02 Å². The van der Waals surface area contributed by atoms with Crippen LogP contribution in [0.25, 0.3) is 0 Å². The molecule has 0 amide bonds. The molecule has 0 saturated heterocycles. The number of nitrogens with zero attached hydrogens (tertiary/aromatic N) is 2. The zero-order chi connectivity index (χ0) is 21.0. The number of benzene rings is 4. The van der Waals surface area contributed by atoms with E-state index in [1.165, 1.54) is 0 Å². The molecule has 0 aliphatic carbocycles. The van der Waals surface area contributed by atoms with Gasteiger partial charge in [0.15, 0.2) is 5.54 Å². The molecule has 0 saturated carbocycles. The first-order chi connectivity index (χ1) is 14.6. The van der Waals surface area contributed by atoms with Crippen LogP contribution in [-0.2, 0) is 5.54 Å². The van der Waals surface area contributed by atoms with Crippen LogP contribution in [0.4, 0.5) is 5.69 Å². The average molecular weight is 452 g/mol. The molecule has 0 N–H and O–H groups in total. The van der Waals surface area contributed by atoms with Crippen molar-refractivity contribution >= 4 is 40.5 Å². The number of rotatable bonds is 5. The molecule has 2 nitrogen and oxygen atoms in total. The molecule has 0 radical (unpaired) electrons. The summed E-state index contributed by atoms with van der Waals surface area (Å²) in [6.07, 6.45) is 0. The van der Waals surface area contributed by atoms with Crippen molar-refractivity contribution in [2.24, 2.45) is 10.2 Å². The fourth-order valence-corrected chi connectivity index (χ4v) is 4.36. The molecule has 0 atom stereocenters. The van der Waals surface area contributed by atoms with E-state index in [1.54, 1.807) is 12.1 Å². The predicted molar refractivity (Wildman–Crippen MR) is 125 cm³/mol. The molecule has 0 aromatic heterocycles. The highest BCUT2D eigenvalue weighted by Crippen LogP contribution is 2.43. The molecule has 0 heterocycles. The van der Waals surface area contributed by atoms with Crippen LogP contribution in [0.5, 0.6) is 0 Å². The van der Waals surface area contributed by atoms with Crippen molar-refractivity contribution in [3.63, 3.8) is 0 Å². The van der Waals surface area contributed by atoms with Gasteiger partial charge in [-0.2, -0.15) is 10.2 Å².